The number of amides is 1. The molecule has 1 fully saturated rings. The molecule has 1 amide bonds. The lowest BCUT2D eigenvalue weighted by atomic mass is 9.92. The normalized spacial score (nSPS) is 17.8. The predicted octanol–water partition coefficient (Wildman–Crippen LogP) is 4.38. The van der Waals surface area contributed by atoms with Gasteiger partial charge in [0.1, 0.15) is 11.5 Å². The van der Waals surface area contributed by atoms with Crippen molar-refractivity contribution < 1.29 is 18.3 Å². The van der Waals surface area contributed by atoms with Crippen LogP contribution in [-0.4, -0.2) is 29.9 Å². The fourth-order valence-corrected chi connectivity index (χ4v) is 3.15. The number of rotatable bonds is 4. The van der Waals surface area contributed by atoms with Crippen molar-refractivity contribution in [3.63, 3.8) is 0 Å². The maximum atomic E-state index is 13.2. The molecule has 1 saturated heterocycles. The van der Waals surface area contributed by atoms with Crippen LogP contribution in [0.3, 0.4) is 0 Å². The van der Waals surface area contributed by atoms with Crippen LogP contribution in [0.1, 0.15) is 30.1 Å². The molecule has 0 saturated carbocycles. The summed E-state index contributed by atoms with van der Waals surface area (Å²) in [6, 6.07) is 10.0. The minimum Gasteiger partial charge on any atom is -0.457 e. The first-order valence-electron chi connectivity index (χ1n) is 8.72. The SMILES string of the molecule is CC(N)C1CCCN(C(=O)c2ccc(Oc3ccc(F)c(F)c3)cc2)C1.Cl. The Labute approximate surface area is 163 Å². The number of hydrogen-bond acceptors (Lipinski definition) is 3. The Morgan fingerprint density at radius 3 is 2.44 bits per heavy atom. The molecule has 1 aliphatic heterocycles. The first kappa shape index (κ1) is 21.1. The average Bonchev–Trinajstić information content (AvgIpc) is 2.65. The Kier molecular flexibility index (Phi) is 7.16. The summed E-state index contributed by atoms with van der Waals surface area (Å²) in [4.78, 5) is 14.5. The summed E-state index contributed by atoms with van der Waals surface area (Å²) in [5.74, 6) is -0.968. The molecule has 7 heteroatoms. The minimum atomic E-state index is -0.969. The molecule has 3 rings (SSSR count). The number of carbonyl (C=O) groups is 1. The van der Waals surface area contributed by atoms with Gasteiger partial charge >= 0.3 is 0 Å². The fourth-order valence-electron chi connectivity index (χ4n) is 3.15. The van der Waals surface area contributed by atoms with Crippen LogP contribution in [0.2, 0.25) is 0 Å². The first-order chi connectivity index (χ1) is 12.4. The highest BCUT2D eigenvalue weighted by Gasteiger charge is 2.26. The van der Waals surface area contributed by atoms with Gasteiger partial charge in [-0.3, -0.25) is 4.79 Å². The number of halogens is 3. The van der Waals surface area contributed by atoms with Gasteiger partial charge in [0.2, 0.25) is 0 Å². The summed E-state index contributed by atoms with van der Waals surface area (Å²) in [7, 11) is 0. The second-order valence-corrected chi connectivity index (χ2v) is 6.71. The smallest absolute Gasteiger partial charge is 0.253 e. The van der Waals surface area contributed by atoms with Gasteiger partial charge in [-0.15, -0.1) is 12.4 Å². The number of benzene rings is 2. The Balaban J connectivity index is 0.00000261. The zero-order valence-corrected chi connectivity index (χ0v) is 15.8. The Bertz CT molecular complexity index is 784. The van der Waals surface area contributed by atoms with Crippen LogP contribution in [0.5, 0.6) is 11.5 Å². The maximum absolute atomic E-state index is 13.2. The highest BCUT2D eigenvalue weighted by molar-refractivity contribution is 5.94. The molecule has 0 aromatic heterocycles. The van der Waals surface area contributed by atoms with E-state index in [9.17, 15) is 13.6 Å². The lowest BCUT2D eigenvalue weighted by Crippen LogP contribution is -2.45. The first-order valence-corrected chi connectivity index (χ1v) is 8.72. The van der Waals surface area contributed by atoms with Crippen LogP contribution >= 0.6 is 12.4 Å². The minimum absolute atomic E-state index is 0. The zero-order chi connectivity index (χ0) is 18.7. The fraction of sp³-hybridized carbons (Fsp3) is 0.350. The number of nitrogens with zero attached hydrogens (tertiary/aromatic N) is 1. The number of likely N-dealkylation sites (tertiary alicyclic amines) is 1. The maximum Gasteiger partial charge on any atom is 0.253 e. The molecule has 27 heavy (non-hydrogen) atoms. The number of ether oxygens (including phenoxy) is 1. The second kappa shape index (κ2) is 9.15. The highest BCUT2D eigenvalue weighted by atomic mass is 35.5. The molecule has 146 valence electrons. The molecule has 1 heterocycles. The van der Waals surface area contributed by atoms with Crippen molar-refractivity contribution in [2.45, 2.75) is 25.8 Å². The van der Waals surface area contributed by atoms with Crippen LogP contribution in [0, 0.1) is 17.6 Å². The van der Waals surface area contributed by atoms with Crippen molar-refractivity contribution in [2.24, 2.45) is 11.7 Å². The van der Waals surface area contributed by atoms with Crippen molar-refractivity contribution in [3.05, 3.63) is 59.7 Å². The Morgan fingerprint density at radius 1 is 1.15 bits per heavy atom. The molecular weight excluding hydrogens is 374 g/mol. The topological polar surface area (TPSA) is 55.6 Å². The lowest BCUT2D eigenvalue weighted by Gasteiger charge is -2.34. The highest BCUT2D eigenvalue weighted by Crippen LogP contribution is 2.25. The monoisotopic (exact) mass is 396 g/mol. The van der Waals surface area contributed by atoms with Gasteiger partial charge in [-0.2, -0.15) is 0 Å². The van der Waals surface area contributed by atoms with Gasteiger partial charge in [-0.1, -0.05) is 0 Å². The van der Waals surface area contributed by atoms with Crippen molar-refractivity contribution in [1.29, 1.82) is 0 Å². The standard InChI is InChI=1S/C20H22F2N2O2.ClH/c1-13(23)15-3-2-10-24(12-15)20(25)14-4-6-16(7-5-14)26-17-8-9-18(21)19(22)11-17;/h4-9,11,13,15H,2-3,10,12,23H2,1H3;1H. The molecule has 1 aliphatic rings. The Morgan fingerprint density at radius 2 is 1.81 bits per heavy atom. The van der Waals surface area contributed by atoms with E-state index >= 15 is 0 Å². The summed E-state index contributed by atoms with van der Waals surface area (Å²) in [5.41, 5.74) is 6.54. The molecule has 2 unspecified atom stereocenters. The lowest BCUT2D eigenvalue weighted by molar-refractivity contribution is 0.0661. The molecule has 0 radical (unpaired) electrons. The van der Waals surface area contributed by atoms with Crippen LogP contribution in [0.4, 0.5) is 8.78 Å². The van der Waals surface area contributed by atoms with E-state index in [1.54, 1.807) is 24.3 Å². The molecule has 0 aliphatic carbocycles. The van der Waals surface area contributed by atoms with E-state index in [1.165, 1.54) is 6.07 Å². The third kappa shape index (κ3) is 5.17. The zero-order valence-electron chi connectivity index (χ0n) is 15.0. The van der Waals surface area contributed by atoms with E-state index in [4.69, 9.17) is 10.5 Å². The predicted molar refractivity (Wildman–Crippen MR) is 102 cm³/mol. The molecule has 0 bridgehead atoms. The van der Waals surface area contributed by atoms with E-state index < -0.39 is 11.6 Å². The van der Waals surface area contributed by atoms with Crippen LogP contribution < -0.4 is 10.5 Å². The summed E-state index contributed by atoms with van der Waals surface area (Å²) < 4.78 is 31.7. The average molecular weight is 397 g/mol. The molecule has 4 nitrogen and oxygen atoms in total. The summed E-state index contributed by atoms with van der Waals surface area (Å²) in [6.07, 6.45) is 2.00. The van der Waals surface area contributed by atoms with Gasteiger partial charge in [0.25, 0.3) is 5.91 Å². The second-order valence-electron chi connectivity index (χ2n) is 6.71. The quantitative estimate of drug-likeness (QED) is 0.834. The number of hydrogen-bond donors (Lipinski definition) is 1. The van der Waals surface area contributed by atoms with Crippen molar-refractivity contribution >= 4 is 18.3 Å². The van der Waals surface area contributed by atoms with E-state index in [-0.39, 0.29) is 30.1 Å². The molecule has 2 aromatic carbocycles. The number of nitrogens with two attached hydrogens (primary N) is 1. The van der Waals surface area contributed by atoms with Gasteiger partial charge in [0, 0.05) is 30.8 Å². The molecule has 2 atom stereocenters. The molecular formula is C20H23ClF2N2O2. The van der Waals surface area contributed by atoms with Crippen LogP contribution in [0.25, 0.3) is 0 Å². The molecule has 0 spiro atoms. The number of piperidine rings is 1. The van der Waals surface area contributed by atoms with Gasteiger partial charge in [0.05, 0.1) is 0 Å². The van der Waals surface area contributed by atoms with Crippen molar-refractivity contribution in [3.8, 4) is 11.5 Å². The summed E-state index contributed by atoms with van der Waals surface area (Å²) >= 11 is 0. The van der Waals surface area contributed by atoms with Crippen molar-refractivity contribution in [2.75, 3.05) is 13.1 Å². The van der Waals surface area contributed by atoms with Gasteiger partial charge < -0.3 is 15.4 Å². The van der Waals surface area contributed by atoms with E-state index in [0.717, 1.165) is 31.5 Å². The third-order valence-corrected chi connectivity index (χ3v) is 4.72. The number of carbonyl (C=O) groups excluding carboxylic acids is 1. The Hall–Kier alpha value is -2.18. The van der Waals surface area contributed by atoms with Crippen LogP contribution in [-0.2, 0) is 0 Å². The molecule has 2 aromatic rings. The van der Waals surface area contributed by atoms with E-state index in [0.29, 0.717) is 23.8 Å². The summed E-state index contributed by atoms with van der Waals surface area (Å²) in [6.45, 7) is 3.38. The van der Waals surface area contributed by atoms with Crippen molar-refractivity contribution in [1.82, 2.24) is 4.90 Å². The van der Waals surface area contributed by atoms with Crippen LogP contribution in [0.15, 0.2) is 42.5 Å². The third-order valence-electron chi connectivity index (χ3n) is 4.72. The van der Waals surface area contributed by atoms with Gasteiger partial charge in [-0.05, 0) is 62.1 Å². The molecule has 2 N–H and O–H groups in total. The van der Waals surface area contributed by atoms with Gasteiger partial charge in [0.15, 0.2) is 11.6 Å². The largest absolute Gasteiger partial charge is 0.457 e. The van der Waals surface area contributed by atoms with E-state index in [2.05, 4.69) is 0 Å². The van der Waals surface area contributed by atoms with E-state index in [1.807, 2.05) is 11.8 Å². The van der Waals surface area contributed by atoms with Gasteiger partial charge in [-0.25, -0.2) is 8.78 Å². The summed E-state index contributed by atoms with van der Waals surface area (Å²) in [5, 5.41) is 0.